The largest absolute Gasteiger partial charge is 0.357 e. The number of aromatic nitrogens is 1. The number of amides is 1. The molecule has 0 radical (unpaired) electrons. The number of thiocarbonyl (C=S) groups is 1. The summed E-state index contributed by atoms with van der Waals surface area (Å²) in [4.78, 5) is 30.9. The maximum Gasteiger partial charge on any atom is 0.270 e. The maximum absolute atomic E-state index is 13.3. The molecular formula is C26H36N4O2S2. The van der Waals surface area contributed by atoms with Gasteiger partial charge in [0, 0.05) is 31.7 Å². The molecule has 0 atom stereocenters. The van der Waals surface area contributed by atoms with Crippen LogP contribution in [0.5, 0.6) is 0 Å². The van der Waals surface area contributed by atoms with Crippen LogP contribution in [0.2, 0.25) is 0 Å². The summed E-state index contributed by atoms with van der Waals surface area (Å²) in [7, 11) is 0. The highest BCUT2D eigenvalue weighted by Gasteiger charge is 2.33. The quantitative estimate of drug-likeness (QED) is 0.237. The van der Waals surface area contributed by atoms with E-state index in [1.54, 1.807) is 9.47 Å². The Labute approximate surface area is 213 Å². The van der Waals surface area contributed by atoms with E-state index in [-0.39, 0.29) is 17.0 Å². The predicted molar refractivity (Wildman–Crippen MR) is 145 cm³/mol. The van der Waals surface area contributed by atoms with Gasteiger partial charge in [0.05, 0.1) is 4.91 Å². The van der Waals surface area contributed by atoms with Crippen LogP contribution in [0.4, 0.5) is 5.82 Å². The molecule has 0 aliphatic carbocycles. The molecule has 2 saturated heterocycles. The minimum absolute atomic E-state index is 0.0692. The summed E-state index contributed by atoms with van der Waals surface area (Å²) >= 11 is 6.87. The van der Waals surface area contributed by atoms with Crippen molar-refractivity contribution in [1.82, 2.24) is 9.47 Å². The molecule has 184 valence electrons. The Kier molecular flexibility index (Phi) is 9.78. The van der Waals surface area contributed by atoms with Crippen molar-refractivity contribution in [2.24, 2.45) is 0 Å². The highest BCUT2D eigenvalue weighted by Crippen LogP contribution is 2.36. The Morgan fingerprint density at radius 1 is 1.06 bits per heavy atom. The number of hydrogen-bond acceptors (Lipinski definition) is 6. The van der Waals surface area contributed by atoms with Crippen molar-refractivity contribution < 1.29 is 4.79 Å². The number of carbonyl (C=O) groups is 1. The lowest BCUT2D eigenvalue weighted by atomic mass is 10.0. The second-order valence-corrected chi connectivity index (χ2v) is 10.7. The Morgan fingerprint density at radius 2 is 1.74 bits per heavy atom. The third-order valence-electron chi connectivity index (χ3n) is 6.70. The van der Waals surface area contributed by atoms with E-state index in [1.165, 1.54) is 43.9 Å². The lowest BCUT2D eigenvalue weighted by Crippen LogP contribution is -2.37. The lowest BCUT2D eigenvalue weighted by Gasteiger charge is -2.33. The van der Waals surface area contributed by atoms with Crippen LogP contribution in [0.1, 0.15) is 88.3 Å². The Morgan fingerprint density at radius 3 is 2.38 bits per heavy atom. The summed E-state index contributed by atoms with van der Waals surface area (Å²) < 4.78 is 2.28. The highest BCUT2D eigenvalue weighted by molar-refractivity contribution is 8.26. The summed E-state index contributed by atoms with van der Waals surface area (Å²) in [6.07, 6.45) is 12.1. The van der Waals surface area contributed by atoms with Gasteiger partial charge in [-0.25, -0.2) is 0 Å². The Hall–Kier alpha value is -2.11. The van der Waals surface area contributed by atoms with E-state index < -0.39 is 0 Å². The number of pyridine rings is 1. The average Bonchev–Trinajstić information content (AvgIpc) is 3.10. The first-order chi connectivity index (χ1) is 16.4. The van der Waals surface area contributed by atoms with Gasteiger partial charge in [-0.1, -0.05) is 63.0 Å². The maximum atomic E-state index is 13.3. The van der Waals surface area contributed by atoms with Crippen molar-refractivity contribution in [2.75, 3.05) is 24.5 Å². The molecule has 0 unspecified atom stereocenters. The molecule has 0 saturated carbocycles. The molecule has 1 aromatic rings. The monoisotopic (exact) mass is 500 g/mol. The number of piperidine rings is 1. The fourth-order valence-corrected chi connectivity index (χ4v) is 6.05. The smallest absolute Gasteiger partial charge is 0.270 e. The van der Waals surface area contributed by atoms with Gasteiger partial charge in [0.25, 0.3) is 11.5 Å². The molecule has 3 heterocycles. The number of nitrogens with zero attached hydrogens (tertiary/aromatic N) is 4. The van der Waals surface area contributed by atoms with Gasteiger partial charge in [0.1, 0.15) is 21.8 Å². The van der Waals surface area contributed by atoms with Gasteiger partial charge in [-0.2, -0.15) is 5.26 Å². The fraction of sp³-hybridized carbons (Fsp3) is 0.615. The Balaban J connectivity index is 1.93. The topological polar surface area (TPSA) is 69.3 Å². The van der Waals surface area contributed by atoms with Gasteiger partial charge >= 0.3 is 0 Å². The van der Waals surface area contributed by atoms with E-state index in [2.05, 4.69) is 17.9 Å². The van der Waals surface area contributed by atoms with Crippen LogP contribution in [0.15, 0.2) is 9.70 Å². The van der Waals surface area contributed by atoms with Gasteiger partial charge in [-0.3, -0.25) is 19.1 Å². The summed E-state index contributed by atoms with van der Waals surface area (Å²) in [5.41, 5.74) is 1.33. The standard InChI is InChI=1S/C26H36N4O2S2/c1-4-6-7-8-9-13-16-30-25(32)22(34-26(30)33)17-20-19(3)21(18-27)24(31)29(5-2)23(20)28-14-11-10-12-15-28/h17H,4-16H2,1-3H3. The van der Waals surface area contributed by atoms with Crippen LogP contribution in [-0.4, -0.2) is 39.3 Å². The fourth-order valence-electron chi connectivity index (χ4n) is 4.76. The minimum Gasteiger partial charge on any atom is -0.357 e. The summed E-state index contributed by atoms with van der Waals surface area (Å²) in [5.74, 6) is 0.755. The SMILES string of the molecule is CCCCCCCCN1C(=O)C(=Cc2c(C)c(C#N)c(=O)n(CC)c2N2CCCCC2)SC1=S. The molecule has 2 fully saturated rings. The summed E-state index contributed by atoms with van der Waals surface area (Å²) in [6.45, 7) is 8.79. The molecule has 2 aliphatic rings. The highest BCUT2D eigenvalue weighted by atomic mass is 32.2. The third-order valence-corrected chi connectivity index (χ3v) is 8.08. The second kappa shape index (κ2) is 12.6. The van der Waals surface area contributed by atoms with Gasteiger partial charge < -0.3 is 4.90 Å². The van der Waals surface area contributed by atoms with Crippen LogP contribution in [-0.2, 0) is 11.3 Å². The molecule has 0 N–H and O–H groups in total. The van der Waals surface area contributed by atoms with Gasteiger partial charge in [-0.15, -0.1) is 0 Å². The van der Waals surface area contributed by atoms with Crippen molar-refractivity contribution >= 4 is 46.1 Å². The number of thioether (sulfide) groups is 1. The van der Waals surface area contributed by atoms with Crippen LogP contribution in [0.3, 0.4) is 0 Å². The molecule has 3 rings (SSSR count). The molecule has 1 aromatic heterocycles. The van der Waals surface area contributed by atoms with Crippen LogP contribution in [0.25, 0.3) is 6.08 Å². The molecule has 2 aliphatic heterocycles. The number of rotatable bonds is 10. The van der Waals surface area contributed by atoms with E-state index in [1.807, 2.05) is 19.9 Å². The third kappa shape index (κ3) is 5.75. The lowest BCUT2D eigenvalue weighted by molar-refractivity contribution is -0.122. The van der Waals surface area contributed by atoms with Gasteiger partial charge in [0.15, 0.2) is 0 Å². The first-order valence-corrected chi connectivity index (χ1v) is 13.8. The van der Waals surface area contributed by atoms with E-state index in [9.17, 15) is 14.9 Å². The van der Waals surface area contributed by atoms with Crippen molar-refractivity contribution in [3.8, 4) is 6.07 Å². The molecule has 0 aromatic carbocycles. The van der Waals surface area contributed by atoms with Crippen LogP contribution in [0, 0.1) is 18.3 Å². The molecular weight excluding hydrogens is 464 g/mol. The van der Waals surface area contributed by atoms with Crippen molar-refractivity contribution in [1.29, 1.82) is 5.26 Å². The van der Waals surface area contributed by atoms with E-state index in [4.69, 9.17) is 12.2 Å². The molecule has 34 heavy (non-hydrogen) atoms. The Bertz CT molecular complexity index is 1050. The molecule has 1 amide bonds. The molecule has 8 heteroatoms. The minimum atomic E-state index is -0.254. The van der Waals surface area contributed by atoms with Crippen molar-refractivity contribution in [3.05, 3.63) is 31.9 Å². The number of carbonyl (C=O) groups excluding carboxylic acids is 1. The summed E-state index contributed by atoms with van der Waals surface area (Å²) in [6, 6.07) is 2.10. The van der Waals surface area contributed by atoms with Gasteiger partial charge in [0.2, 0.25) is 0 Å². The van der Waals surface area contributed by atoms with Crippen LogP contribution < -0.4 is 10.5 Å². The first-order valence-electron chi connectivity index (χ1n) is 12.6. The zero-order chi connectivity index (χ0) is 24.7. The first kappa shape index (κ1) is 26.5. The average molecular weight is 501 g/mol. The zero-order valence-electron chi connectivity index (χ0n) is 20.7. The number of nitriles is 1. The van der Waals surface area contributed by atoms with E-state index in [0.717, 1.165) is 50.2 Å². The predicted octanol–water partition coefficient (Wildman–Crippen LogP) is 5.60. The number of hydrogen-bond donors (Lipinski definition) is 0. The molecule has 6 nitrogen and oxygen atoms in total. The van der Waals surface area contributed by atoms with E-state index >= 15 is 0 Å². The van der Waals surface area contributed by atoms with Crippen LogP contribution >= 0.6 is 24.0 Å². The number of unbranched alkanes of at least 4 members (excludes halogenated alkanes) is 5. The van der Waals surface area contributed by atoms with E-state index in [0.29, 0.717) is 27.9 Å². The normalized spacial score (nSPS) is 17.6. The number of anilines is 1. The zero-order valence-corrected chi connectivity index (χ0v) is 22.3. The van der Waals surface area contributed by atoms with Crippen molar-refractivity contribution in [3.63, 3.8) is 0 Å². The summed E-state index contributed by atoms with van der Waals surface area (Å²) in [5, 5.41) is 9.72. The second-order valence-electron chi connectivity index (χ2n) is 9.05. The van der Waals surface area contributed by atoms with Gasteiger partial charge in [-0.05, 0) is 51.2 Å². The molecule has 0 spiro atoms. The van der Waals surface area contributed by atoms with Crippen molar-refractivity contribution in [2.45, 2.75) is 85.1 Å². The molecule has 0 bridgehead atoms.